The molecule has 0 heterocycles. The summed E-state index contributed by atoms with van der Waals surface area (Å²) < 4.78 is 0. The summed E-state index contributed by atoms with van der Waals surface area (Å²) in [4.78, 5) is 0. The number of aryl methyl sites for hydroxylation is 1. The van der Waals surface area contributed by atoms with E-state index in [1.807, 2.05) is 42.5 Å². The Morgan fingerprint density at radius 1 is 1.00 bits per heavy atom. The minimum atomic E-state index is -0.406. The Morgan fingerprint density at radius 2 is 1.72 bits per heavy atom. The zero-order valence-electron chi connectivity index (χ0n) is 10.0. The van der Waals surface area contributed by atoms with E-state index in [1.165, 1.54) is 11.1 Å². The minimum Gasteiger partial charge on any atom is -0.388 e. The van der Waals surface area contributed by atoms with Crippen molar-refractivity contribution in [3.8, 4) is 0 Å². The van der Waals surface area contributed by atoms with E-state index in [0.29, 0.717) is 0 Å². The van der Waals surface area contributed by atoms with Crippen LogP contribution in [0, 0.1) is 0 Å². The highest BCUT2D eigenvalue weighted by Gasteiger charge is 2.28. The van der Waals surface area contributed by atoms with Crippen LogP contribution in [-0.2, 0) is 6.42 Å². The molecule has 2 aromatic rings. The lowest BCUT2D eigenvalue weighted by atomic mass is 9.78. The van der Waals surface area contributed by atoms with Crippen LogP contribution in [0.4, 0.5) is 0 Å². The Hall–Kier alpha value is -1.31. The smallest absolute Gasteiger partial charge is 0.0861 e. The van der Waals surface area contributed by atoms with Gasteiger partial charge in [0.1, 0.15) is 0 Å². The van der Waals surface area contributed by atoms with Gasteiger partial charge in [-0.25, -0.2) is 0 Å². The topological polar surface area (TPSA) is 20.2 Å². The highest BCUT2D eigenvalue weighted by Crippen LogP contribution is 2.40. The third-order valence-electron chi connectivity index (χ3n) is 3.78. The zero-order chi connectivity index (χ0) is 12.5. The molecule has 0 spiro atoms. The number of halogens is 1. The summed E-state index contributed by atoms with van der Waals surface area (Å²) in [5.41, 5.74) is 3.51. The van der Waals surface area contributed by atoms with E-state index in [9.17, 15) is 5.11 Å². The third-order valence-corrected chi connectivity index (χ3v) is 4.03. The van der Waals surface area contributed by atoms with Crippen molar-refractivity contribution in [3.63, 3.8) is 0 Å². The Kier molecular flexibility index (Phi) is 3.11. The molecular formula is C16H15ClO. The summed E-state index contributed by atoms with van der Waals surface area (Å²) in [7, 11) is 0. The van der Waals surface area contributed by atoms with Gasteiger partial charge in [0.2, 0.25) is 0 Å². The quantitative estimate of drug-likeness (QED) is 0.816. The van der Waals surface area contributed by atoms with Crippen LogP contribution in [0.5, 0.6) is 0 Å². The van der Waals surface area contributed by atoms with Crippen molar-refractivity contribution in [3.05, 3.63) is 70.2 Å². The van der Waals surface area contributed by atoms with E-state index < -0.39 is 6.10 Å². The maximum absolute atomic E-state index is 10.5. The molecule has 0 saturated heterocycles. The van der Waals surface area contributed by atoms with Crippen molar-refractivity contribution >= 4 is 11.6 Å². The molecule has 3 rings (SSSR count). The first-order chi connectivity index (χ1) is 8.75. The molecule has 2 aromatic carbocycles. The molecule has 1 nitrogen and oxygen atoms in total. The fourth-order valence-corrected chi connectivity index (χ4v) is 2.92. The molecule has 0 bridgehead atoms. The minimum absolute atomic E-state index is 0.178. The molecule has 1 aliphatic rings. The molecule has 1 N–H and O–H groups in total. The molecule has 2 heteroatoms. The van der Waals surface area contributed by atoms with Crippen LogP contribution in [-0.4, -0.2) is 5.11 Å². The number of benzene rings is 2. The fraction of sp³-hybridized carbons (Fsp3) is 0.250. The molecule has 0 radical (unpaired) electrons. The molecule has 0 unspecified atom stereocenters. The first kappa shape index (κ1) is 11.8. The van der Waals surface area contributed by atoms with Crippen molar-refractivity contribution in [2.45, 2.75) is 24.9 Å². The van der Waals surface area contributed by atoms with Crippen LogP contribution in [0.25, 0.3) is 0 Å². The SMILES string of the molecule is O[C@H]1c2ccccc2CC[C@H]1c1ccc(Cl)cc1. The van der Waals surface area contributed by atoms with Gasteiger partial charge < -0.3 is 5.11 Å². The van der Waals surface area contributed by atoms with Gasteiger partial charge in [0.05, 0.1) is 6.10 Å². The number of rotatable bonds is 1. The Labute approximate surface area is 112 Å². The predicted octanol–water partition coefficient (Wildman–Crippen LogP) is 4.10. The Morgan fingerprint density at radius 3 is 2.50 bits per heavy atom. The number of hydrogen-bond donors (Lipinski definition) is 1. The normalized spacial score (nSPS) is 22.6. The van der Waals surface area contributed by atoms with E-state index in [-0.39, 0.29) is 5.92 Å². The van der Waals surface area contributed by atoms with Gasteiger partial charge in [-0.05, 0) is 41.7 Å². The molecule has 0 aromatic heterocycles. The highest BCUT2D eigenvalue weighted by molar-refractivity contribution is 6.30. The first-order valence-corrected chi connectivity index (χ1v) is 6.65. The molecule has 0 amide bonds. The van der Waals surface area contributed by atoms with Crippen LogP contribution in [0.15, 0.2) is 48.5 Å². The Bertz CT molecular complexity index is 547. The van der Waals surface area contributed by atoms with Gasteiger partial charge in [-0.3, -0.25) is 0 Å². The Balaban J connectivity index is 1.95. The summed E-state index contributed by atoms with van der Waals surface area (Å²) in [5, 5.41) is 11.3. The van der Waals surface area contributed by atoms with Crippen LogP contribution >= 0.6 is 11.6 Å². The van der Waals surface area contributed by atoms with Crippen LogP contribution in [0.1, 0.15) is 35.1 Å². The zero-order valence-corrected chi connectivity index (χ0v) is 10.8. The van der Waals surface area contributed by atoms with Crippen molar-refractivity contribution in [2.24, 2.45) is 0 Å². The lowest BCUT2D eigenvalue weighted by molar-refractivity contribution is 0.131. The monoisotopic (exact) mass is 258 g/mol. The number of fused-ring (bicyclic) bond motifs is 1. The van der Waals surface area contributed by atoms with Crippen molar-refractivity contribution in [2.75, 3.05) is 0 Å². The van der Waals surface area contributed by atoms with Gasteiger partial charge in [-0.15, -0.1) is 0 Å². The number of aliphatic hydroxyl groups excluding tert-OH is 1. The summed E-state index contributed by atoms with van der Waals surface area (Å²) in [6.07, 6.45) is 1.61. The summed E-state index contributed by atoms with van der Waals surface area (Å²) >= 11 is 5.91. The summed E-state index contributed by atoms with van der Waals surface area (Å²) in [5.74, 6) is 0.178. The van der Waals surface area contributed by atoms with E-state index in [2.05, 4.69) is 6.07 Å². The molecule has 18 heavy (non-hydrogen) atoms. The first-order valence-electron chi connectivity index (χ1n) is 6.27. The molecule has 0 saturated carbocycles. The van der Waals surface area contributed by atoms with E-state index in [4.69, 9.17) is 11.6 Å². The average Bonchev–Trinajstić information content (AvgIpc) is 2.41. The molecule has 2 atom stereocenters. The van der Waals surface area contributed by atoms with Gasteiger partial charge in [-0.2, -0.15) is 0 Å². The van der Waals surface area contributed by atoms with E-state index in [0.717, 1.165) is 23.4 Å². The molecule has 0 fully saturated rings. The molecule has 0 aliphatic heterocycles. The maximum Gasteiger partial charge on any atom is 0.0861 e. The van der Waals surface area contributed by atoms with Gasteiger partial charge in [0.15, 0.2) is 0 Å². The van der Waals surface area contributed by atoms with Crippen LogP contribution in [0.2, 0.25) is 5.02 Å². The second-order valence-corrected chi connectivity index (χ2v) is 5.28. The van der Waals surface area contributed by atoms with Crippen LogP contribution < -0.4 is 0 Å². The largest absolute Gasteiger partial charge is 0.388 e. The summed E-state index contributed by atoms with van der Waals surface area (Å²) in [6.45, 7) is 0. The van der Waals surface area contributed by atoms with Gasteiger partial charge in [-0.1, -0.05) is 48.0 Å². The van der Waals surface area contributed by atoms with Crippen molar-refractivity contribution in [1.82, 2.24) is 0 Å². The average molecular weight is 259 g/mol. The van der Waals surface area contributed by atoms with Crippen LogP contribution in [0.3, 0.4) is 0 Å². The number of aliphatic hydroxyl groups is 1. The van der Waals surface area contributed by atoms with Gasteiger partial charge in [0.25, 0.3) is 0 Å². The van der Waals surface area contributed by atoms with Gasteiger partial charge >= 0.3 is 0 Å². The van der Waals surface area contributed by atoms with Crippen molar-refractivity contribution < 1.29 is 5.11 Å². The second kappa shape index (κ2) is 4.75. The highest BCUT2D eigenvalue weighted by atomic mass is 35.5. The lowest BCUT2D eigenvalue weighted by Gasteiger charge is -2.30. The maximum atomic E-state index is 10.5. The lowest BCUT2D eigenvalue weighted by Crippen LogP contribution is -2.18. The van der Waals surface area contributed by atoms with Gasteiger partial charge in [0, 0.05) is 10.9 Å². The predicted molar refractivity (Wildman–Crippen MR) is 73.9 cm³/mol. The fourth-order valence-electron chi connectivity index (χ4n) is 2.79. The van der Waals surface area contributed by atoms with E-state index >= 15 is 0 Å². The second-order valence-electron chi connectivity index (χ2n) is 4.84. The third kappa shape index (κ3) is 2.05. The number of hydrogen-bond acceptors (Lipinski definition) is 1. The molecule has 1 aliphatic carbocycles. The summed E-state index contributed by atoms with van der Waals surface area (Å²) in [6, 6.07) is 16.0. The molecule has 92 valence electrons. The standard InChI is InChI=1S/C16H15ClO/c17-13-8-5-12(6-9-13)15-10-7-11-3-1-2-4-14(11)16(15)18/h1-6,8-9,15-16,18H,7,10H2/t15-,16-/m0/s1. The molecular weight excluding hydrogens is 244 g/mol. The van der Waals surface area contributed by atoms with Crippen molar-refractivity contribution in [1.29, 1.82) is 0 Å². The van der Waals surface area contributed by atoms with E-state index in [1.54, 1.807) is 0 Å².